The lowest BCUT2D eigenvalue weighted by molar-refractivity contribution is -0.143. The molecule has 8 heteroatoms. The first-order valence-electron chi connectivity index (χ1n) is 6.32. The van der Waals surface area contributed by atoms with E-state index < -0.39 is 23.0 Å². The minimum absolute atomic E-state index is 0.171. The van der Waals surface area contributed by atoms with Crippen LogP contribution < -0.4 is 10.9 Å². The predicted octanol–water partition coefficient (Wildman–Crippen LogP) is 1.05. The highest BCUT2D eigenvalue weighted by molar-refractivity contribution is 7.15. The van der Waals surface area contributed by atoms with Crippen molar-refractivity contribution in [2.45, 2.75) is 32.7 Å². The first-order chi connectivity index (χ1) is 9.80. The van der Waals surface area contributed by atoms with Crippen molar-refractivity contribution in [1.29, 1.82) is 0 Å². The number of nitrogens with one attached hydrogen (secondary N) is 1. The number of aromatic nitrogens is 2. The fourth-order valence-electron chi connectivity index (χ4n) is 1.79. The van der Waals surface area contributed by atoms with E-state index in [-0.39, 0.29) is 12.0 Å². The molecule has 0 spiro atoms. The largest absolute Gasteiger partial charge is 0.480 e. The van der Waals surface area contributed by atoms with Crippen LogP contribution in [0.2, 0.25) is 0 Å². The first kappa shape index (κ1) is 15.2. The van der Waals surface area contributed by atoms with E-state index in [1.54, 1.807) is 19.2 Å². The Hall–Kier alpha value is -2.22. The standard InChI is InChI=1S/C13H15N3O4S/c1-4-13(3,11(19)20)15-9(17)8-5-14-12-16(10(8)18)7(2)6-21-12/h5-6H,4H2,1-3H3,(H,15,17)(H,19,20). The minimum Gasteiger partial charge on any atom is -0.480 e. The summed E-state index contributed by atoms with van der Waals surface area (Å²) >= 11 is 1.30. The van der Waals surface area contributed by atoms with Crippen LogP contribution >= 0.6 is 11.3 Å². The monoisotopic (exact) mass is 309 g/mol. The van der Waals surface area contributed by atoms with Crippen LogP contribution in [0.25, 0.3) is 4.96 Å². The van der Waals surface area contributed by atoms with Gasteiger partial charge in [0.05, 0.1) is 0 Å². The van der Waals surface area contributed by atoms with Crippen LogP contribution in [0.15, 0.2) is 16.4 Å². The molecule has 0 radical (unpaired) electrons. The Bertz CT molecular complexity index is 779. The molecule has 1 amide bonds. The smallest absolute Gasteiger partial charge is 0.329 e. The number of hydrogen-bond acceptors (Lipinski definition) is 5. The zero-order valence-electron chi connectivity index (χ0n) is 11.8. The fraction of sp³-hybridized carbons (Fsp3) is 0.385. The number of hydrogen-bond donors (Lipinski definition) is 2. The second kappa shape index (κ2) is 5.28. The van der Waals surface area contributed by atoms with E-state index in [0.717, 1.165) is 0 Å². The summed E-state index contributed by atoms with van der Waals surface area (Å²) in [5, 5.41) is 13.3. The van der Waals surface area contributed by atoms with Gasteiger partial charge in [0, 0.05) is 17.3 Å². The SMILES string of the molecule is CCC(C)(NC(=O)c1cnc2scc(C)n2c1=O)C(=O)O. The van der Waals surface area contributed by atoms with Gasteiger partial charge in [-0.2, -0.15) is 0 Å². The van der Waals surface area contributed by atoms with Crippen LogP contribution in [0.3, 0.4) is 0 Å². The summed E-state index contributed by atoms with van der Waals surface area (Å²) in [6.07, 6.45) is 1.38. The third-order valence-corrected chi connectivity index (χ3v) is 4.39. The lowest BCUT2D eigenvalue weighted by atomic mass is 9.99. The molecular weight excluding hydrogens is 294 g/mol. The lowest BCUT2D eigenvalue weighted by Crippen LogP contribution is -2.52. The molecule has 21 heavy (non-hydrogen) atoms. The zero-order chi connectivity index (χ0) is 15.8. The molecular formula is C13H15N3O4S. The Morgan fingerprint density at radius 3 is 2.76 bits per heavy atom. The van der Waals surface area contributed by atoms with Crippen molar-refractivity contribution < 1.29 is 14.7 Å². The van der Waals surface area contributed by atoms with Crippen LogP contribution in [0.4, 0.5) is 0 Å². The average Bonchev–Trinajstić information content (AvgIpc) is 2.81. The molecule has 0 aromatic carbocycles. The molecule has 2 rings (SSSR count). The summed E-state index contributed by atoms with van der Waals surface area (Å²) in [6, 6.07) is 0. The molecule has 1 atom stereocenters. The zero-order valence-corrected chi connectivity index (χ0v) is 12.7. The highest BCUT2D eigenvalue weighted by atomic mass is 32.1. The molecule has 0 aliphatic rings. The number of carbonyl (C=O) groups excluding carboxylic acids is 1. The molecule has 0 fully saturated rings. The molecule has 0 aliphatic carbocycles. The van der Waals surface area contributed by atoms with Gasteiger partial charge in [0.25, 0.3) is 11.5 Å². The van der Waals surface area contributed by atoms with Crippen LogP contribution in [-0.4, -0.2) is 31.9 Å². The van der Waals surface area contributed by atoms with Crippen LogP contribution in [0, 0.1) is 6.92 Å². The van der Waals surface area contributed by atoms with Crippen LogP contribution in [0.5, 0.6) is 0 Å². The predicted molar refractivity (Wildman–Crippen MR) is 77.9 cm³/mol. The summed E-state index contributed by atoms with van der Waals surface area (Å²) < 4.78 is 1.34. The van der Waals surface area contributed by atoms with E-state index in [9.17, 15) is 14.4 Å². The molecule has 0 bridgehead atoms. The molecule has 0 saturated heterocycles. The van der Waals surface area contributed by atoms with Crippen molar-refractivity contribution in [1.82, 2.24) is 14.7 Å². The highest BCUT2D eigenvalue weighted by Gasteiger charge is 2.33. The third-order valence-electron chi connectivity index (χ3n) is 3.43. The number of nitrogens with zero attached hydrogens (tertiary/aromatic N) is 2. The Kier molecular flexibility index (Phi) is 3.82. The quantitative estimate of drug-likeness (QED) is 0.879. The van der Waals surface area contributed by atoms with Gasteiger partial charge in [0.15, 0.2) is 4.96 Å². The maximum atomic E-state index is 12.3. The van der Waals surface area contributed by atoms with E-state index in [0.29, 0.717) is 10.7 Å². The number of carboxylic acid groups (broad SMARTS) is 1. The van der Waals surface area contributed by atoms with Crippen molar-refractivity contribution in [2.24, 2.45) is 0 Å². The molecule has 0 aliphatic heterocycles. The second-order valence-electron chi connectivity index (χ2n) is 4.92. The van der Waals surface area contributed by atoms with Gasteiger partial charge in [-0.25, -0.2) is 9.78 Å². The Balaban J connectivity index is 2.45. The van der Waals surface area contributed by atoms with E-state index in [1.165, 1.54) is 28.9 Å². The van der Waals surface area contributed by atoms with Crippen molar-refractivity contribution >= 4 is 28.2 Å². The number of fused-ring (bicyclic) bond motifs is 1. The van der Waals surface area contributed by atoms with Gasteiger partial charge < -0.3 is 10.4 Å². The van der Waals surface area contributed by atoms with Gasteiger partial charge in [-0.1, -0.05) is 6.92 Å². The average molecular weight is 309 g/mol. The molecule has 2 aromatic heterocycles. The lowest BCUT2D eigenvalue weighted by Gasteiger charge is -2.24. The van der Waals surface area contributed by atoms with E-state index >= 15 is 0 Å². The normalized spacial score (nSPS) is 13.9. The highest BCUT2D eigenvalue weighted by Crippen LogP contribution is 2.13. The molecule has 2 N–H and O–H groups in total. The van der Waals surface area contributed by atoms with Crippen LogP contribution in [0.1, 0.15) is 36.3 Å². The van der Waals surface area contributed by atoms with Crippen molar-refractivity contribution in [3.8, 4) is 0 Å². The van der Waals surface area contributed by atoms with Gasteiger partial charge in [0.1, 0.15) is 11.1 Å². The van der Waals surface area contributed by atoms with Gasteiger partial charge in [-0.3, -0.25) is 14.0 Å². The maximum Gasteiger partial charge on any atom is 0.329 e. The maximum absolute atomic E-state index is 12.3. The Labute approximate surface area is 124 Å². The number of amides is 1. The van der Waals surface area contributed by atoms with Crippen molar-refractivity contribution in [2.75, 3.05) is 0 Å². The summed E-state index contributed by atoms with van der Waals surface area (Å²) in [5.41, 5.74) is -1.42. The Morgan fingerprint density at radius 1 is 1.52 bits per heavy atom. The molecule has 2 aromatic rings. The fourth-order valence-corrected chi connectivity index (χ4v) is 2.62. The minimum atomic E-state index is -1.42. The third kappa shape index (κ3) is 2.54. The first-order valence-corrected chi connectivity index (χ1v) is 7.20. The van der Waals surface area contributed by atoms with Gasteiger partial charge in [-0.05, 0) is 20.3 Å². The van der Waals surface area contributed by atoms with Gasteiger partial charge in [0.2, 0.25) is 0 Å². The molecule has 2 heterocycles. The van der Waals surface area contributed by atoms with E-state index in [4.69, 9.17) is 5.11 Å². The van der Waals surface area contributed by atoms with E-state index in [2.05, 4.69) is 10.3 Å². The van der Waals surface area contributed by atoms with E-state index in [1.807, 2.05) is 0 Å². The summed E-state index contributed by atoms with van der Waals surface area (Å²) in [4.78, 5) is 40.3. The number of carbonyl (C=O) groups is 2. The molecule has 0 saturated carbocycles. The Morgan fingerprint density at radius 2 is 2.19 bits per heavy atom. The topological polar surface area (TPSA) is 101 Å². The number of thiazole rings is 1. The van der Waals surface area contributed by atoms with Crippen LogP contribution in [-0.2, 0) is 4.79 Å². The molecule has 1 unspecified atom stereocenters. The van der Waals surface area contributed by atoms with Gasteiger partial charge in [-0.15, -0.1) is 11.3 Å². The number of rotatable bonds is 4. The van der Waals surface area contributed by atoms with Crippen molar-refractivity contribution in [3.05, 3.63) is 33.2 Å². The molecule has 112 valence electrons. The number of carboxylic acids is 1. The second-order valence-corrected chi connectivity index (χ2v) is 5.75. The van der Waals surface area contributed by atoms with Crippen molar-refractivity contribution in [3.63, 3.8) is 0 Å². The molecule has 7 nitrogen and oxygen atoms in total. The number of aliphatic carboxylic acids is 1. The number of aryl methyl sites for hydroxylation is 1. The summed E-state index contributed by atoms with van der Waals surface area (Å²) in [7, 11) is 0. The van der Waals surface area contributed by atoms with Gasteiger partial charge >= 0.3 is 5.97 Å². The summed E-state index contributed by atoms with van der Waals surface area (Å²) in [6.45, 7) is 4.78. The summed E-state index contributed by atoms with van der Waals surface area (Å²) in [5.74, 6) is -1.89.